The molecule has 0 saturated carbocycles. The monoisotopic (exact) mass is 638 g/mol. The summed E-state index contributed by atoms with van der Waals surface area (Å²) in [4.78, 5) is 21.7. The zero-order chi connectivity index (χ0) is 31.6. The molecule has 3 N–H and O–H groups in total. The largest absolute Gasteiger partial charge is 0.481 e. The smallest absolute Gasteiger partial charge is 0.343 e. The van der Waals surface area contributed by atoms with Crippen molar-refractivity contribution in [1.29, 1.82) is 0 Å². The molecule has 4 aromatic rings. The summed E-state index contributed by atoms with van der Waals surface area (Å²) in [5, 5.41) is 10.3. The standard InChI is InChI=1S/C14H18N2O5S.C13H16N2O5S/c1-20-14(17)10-21-13-5-3-4-12-11(13)6-8-16(12)9-7-15-22(2,18)19;1-21(18,19)14-6-8-15-7-5-10-11(15)3-2-4-12(10)20-9-13(16)17/h3-6,8,15H,7,9-10H2,1-2H3;2-5,7,14H,6,8-9H2,1H3,(H,16,17). The number of nitrogens with one attached hydrogen (secondary N) is 2. The maximum Gasteiger partial charge on any atom is 0.343 e. The molecule has 2 aromatic heterocycles. The van der Waals surface area contributed by atoms with E-state index in [9.17, 15) is 26.4 Å². The van der Waals surface area contributed by atoms with Gasteiger partial charge < -0.3 is 28.5 Å². The number of methoxy groups -OCH3 is 1. The highest BCUT2D eigenvalue weighted by Gasteiger charge is 2.10. The van der Waals surface area contributed by atoms with Gasteiger partial charge >= 0.3 is 11.9 Å². The van der Waals surface area contributed by atoms with E-state index < -0.39 is 38.6 Å². The van der Waals surface area contributed by atoms with E-state index in [0.717, 1.165) is 34.3 Å². The lowest BCUT2D eigenvalue weighted by Crippen LogP contribution is -2.25. The lowest BCUT2D eigenvalue weighted by Gasteiger charge is -2.08. The van der Waals surface area contributed by atoms with E-state index in [2.05, 4.69) is 14.2 Å². The van der Waals surface area contributed by atoms with Gasteiger partial charge in [0, 0.05) is 49.3 Å². The van der Waals surface area contributed by atoms with E-state index in [1.165, 1.54) is 7.11 Å². The van der Waals surface area contributed by atoms with Crippen molar-refractivity contribution >= 4 is 53.8 Å². The summed E-state index contributed by atoms with van der Waals surface area (Å²) in [5.41, 5.74) is 1.76. The lowest BCUT2D eigenvalue weighted by atomic mass is 10.2. The van der Waals surface area contributed by atoms with E-state index in [4.69, 9.17) is 14.6 Å². The average molecular weight is 639 g/mol. The van der Waals surface area contributed by atoms with Crippen molar-refractivity contribution in [2.45, 2.75) is 13.1 Å². The van der Waals surface area contributed by atoms with Gasteiger partial charge in [0.2, 0.25) is 20.0 Å². The number of hydrogen-bond donors (Lipinski definition) is 3. The third-order valence-corrected chi connectivity index (χ3v) is 7.36. The highest BCUT2D eigenvalue weighted by Crippen LogP contribution is 2.27. The minimum absolute atomic E-state index is 0.156. The summed E-state index contributed by atoms with van der Waals surface area (Å²) >= 11 is 0. The number of sulfonamides is 2. The number of nitrogens with zero attached hydrogens (tertiary/aromatic N) is 2. The summed E-state index contributed by atoms with van der Waals surface area (Å²) < 4.78 is 68.1. The van der Waals surface area contributed by atoms with Crippen LogP contribution in [-0.4, -0.2) is 88.9 Å². The summed E-state index contributed by atoms with van der Waals surface area (Å²) in [6.07, 6.45) is 5.89. The van der Waals surface area contributed by atoms with Crippen LogP contribution in [0, 0.1) is 0 Å². The van der Waals surface area contributed by atoms with E-state index in [1.807, 2.05) is 51.9 Å². The summed E-state index contributed by atoms with van der Waals surface area (Å²) in [6.45, 7) is 0.991. The summed E-state index contributed by atoms with van der Waals surface area (Å²) in [6, 6.07) is 14.5. The van der Waals surface area contributed by atoms with Crippen molar-refractivity contribution in [1.82, 2.24) is 18.6 Å². The van der Waals surface area contributed by atoms with Crippen LogP contribution in [0.4, 0.5) is 0 Å². The van der Waals surface area contributed by atoms with Crippen molar-refractivity contribution in [2.24, 2.45) is 0 Å². The van der Waals surface area contributed by atoms with Crippen LogP contribution in [0.2, 0.25) is 0 Å². The molecule has 43 heavy (non-hydrogen) atoms. The Kier molecular flexibility index (Phi) is 11.5. The fourth-order valence-corrected chi connectivity index (χ4v) is 4.99. The van der Waals surface area contributed by atoms with Gasteiger partial charge in [-0.15, -0.1) is 0 Å². The molecule has 0 fully saturated rings. The molecule has 16 heteroatoms. The van der Waals surface area contributed by atoms with Crippen LogP contribution in [0.1, 0.15) is 0 Å². The molecule has 0 unspecified atom stereocenters. The van der Waals surface area contributed by atoms with Gasteiger partial charge in [-0.2, -0.15) is 0 Å². The Labute approximate surface area is 249 Å². The maximum atomic E-state index is 11.1. The van der Waals surface area contributed by atoms with E-state index >= 15 is 0 Å². The Balaban J connectivity index is 0.000000236. The number of rotatable bonds is 14. The molecule has 0 amide bonds. The number of carboxylic acid groups (broad SMARTS) is 1. The fraction of sp³-hybridized carbons (Fsp3) is 0.333. The first-order chi connectivity index (χ1) is 20.3. The van der Waals surface area contributed by atoms with Crippen LogP contribution in [-0.2, 0) is 47.5 Å². The third-order valence-electron chi connectivity index (χ3n) is 5.91. The summed E-state index contributed by atoms with van der Waals surface area (Å²) in [5.74, 6) is -0.417. The lowest BCUT2D eigenvalue weighted by molar-refractivity contribution is -0.143. The molecule has 0 radical (unpaired) electrons. The van der Waals surface area contributed by atoms with Crippen LogP contribution in [0.3, 0.4) is 0 Å². The number of aromatic nitrogens is 2. The Morgan fingerprint density at radius 3 is 1.58 bits per heavy atom. The zero-order valence-electron chi connectivity index (χ0n) is 23.8. The Hall–Kier alpha value is -4.12. The number of hydrogen-bond acceptors (Lipinski definition) is 9. The Bertz CT molecular complexity index is 1780. The Morgan fingerprint density at radius 1 is 0.744 bits per heavy atom. The molecule has 0 aliphatic rings. The van der Waals surface area contributed by atoms with Gasteiger partial charge in [-0.1, -0.05) is 12.1 Å². The molecule has 0 aliphatic carbocycles. The highest BCUT2D eigenvalue weighted by molar-refractivity contribution is 7.89. The Morgan fingerprint density at radius 2 is 1.19 bits per heavy atom. The van der Waals surface area contributed by atoms with E-state index in [-0.39, 0.29) is 13.2 Å². The number of benzene rings is 2. The first-order valence-electron chi connectivity index (χ1n) is 12.9. The molecule has 2 aromatic carbocycles. The molecule has 0 saturated heterocycles. The van der Waals surface area contributed by atoms with Gasteiger partial charge in [0.1, 0.15) is 11.5 Å². The van der Waals surface area contributed by atoms with Crippen LogP contribution in [0.5, 0.6) is 11.5 Å². The van der Waals surface area contributed by atoms with Crippen LogP contribution >= 0.6 is 0 Å². The number of fused-ring (bicyclic) bond motifs is 2. The molecule has 0 bridgehead atoms. The first kappa shape index (κ1) is 33.4. The first-order valence-corrected chi connectivity index (χ1v) is 16.6. The summed E-state index contributed by atoms with van der Waals surface area (Å²) in [7, 11) is -5.11. The second-order valence-corrected chi connectivity index (χ2v) is 12.9. The minimum atomic E-state index is -3.21. The number of carbonyl (C=O) groups excluding carboxylic acids is 1. The maximum absolute atomic E-state index is 11.1. The van der Waals surface area contributed by atoms with Crippen molar-refractivity contribution in [3.8, 4) is 11.5 Å². The molecular weight excluding hydrogens is 604 g/mol. The molecule has 2 heterocycles. The molecule has 0 atom stereocenters. The molecule has 4 rings (SSSR count). The number of esters is 1. The van der Waals surface area contributed by atoms with Crippen LogP contribution in [0.25, 0.3) is 21.8 Å². The number of aliphatic carboxylic acids is 1. The van der Waals surface area contributed by atoms with Crippen molar-refractivity contribution in [2.75, 3.05) is 45.9 Å². The number of ether oxygens (including phenoxy) is 3. The minimum Gasteiger partial charge on any atom is -0.481 e. The molecular formula is C27H34N4O10S2. The van der Waals surface area contributed by atoms with Gasteiger partial charge in [0.05, 0.1) is 30.7 Å². The predicted molar refractivity (Wildman–Crippen MR) is 160 cm³/mol. The SMILES string of the molecule is COC(=O)COc1cccc2c1ccn2CCNS(C)(=O)=O.CS(=O)(=O)NCCn1ccc2c(OCC(=O)O)cccc21. The van der Waals surface area contributed by atoms with Gasteiger partial charge in [-0.25, -0.2) is 35.9 Å². The second-order valence-electron chi connectivity index (χ2n) is 9.28. The quantitative estimate of drug-likeness (QED) is 0.171. The normalized spacial score (nSPS) is 11.6. The zero-order valence-corrected chi connectivity index (χ0v) is 25.5. The second kappa shape index (κ2) is 14.9. The molecule has 0 aliphatic heterocycles. The molecule has 14 nitrogen and oxygen atoms in total. The average Bonchev–Trinajstić information content (AvgIpc) is 3.54. The van der Waals surface area contributed by atoms with Crippen molar-refractivity contribution < 1.29 is 45.7 Å². The number of carbonyl (C=O) groups is 2. The van der Waals surface area contributed by atoms with E-state index in [1.54, 1.807) is 18.2 Å². The van der Waals surface area contributed by atoms with Gasteiger partial charge in [0.25, 0.3) is 0 Å². The van der Waals surface area contributed by atoms with Crippen molar-refractivity contribution in [3.63, 3.8) is 0 Å². The molecule has 234 valence electrons. The number of carboxylic acids is 1. The van der Waals surface area contributed by atoms with Gasteiger partial charge in [0.15, 0.2) is 13.2 Å². The fourth-order valence-electron chi connectivity index (χ4n) is 4.07. The van der Waals surface area contributed by atoms with E-state index in [0.29, 0.717) is 31.1 Å². The van der Waals surface area contributed by atoms with Gasteiger partial charge in [-0.3, -0.25) is 0 Å². The predicted octanol–water partition coefficient (Wildman–Crippen LogP) is 1.40. The van der Waals surface area contributed by atoms with Crippen molar-refractivity contribution in [3.05, 3.63) is 60.9 Å². The molecule has 0 spiro atoms. The van der Waals surface area contributed by atoms with Gasteiger partial charge in [-0.05, 0) is 36.4 Å². The topological polar surface area (TPSA) is 184 Å². The third kappa shape index (κ3) is 10.6. The van der Waals surface area contributed by atoms with Crippen LogP contribution < -0.4 is 18.9 Å². The van der Waals surface area contributed by atoms with Crippen LogP contribution in [0.15, 0.2) is 60.9 Å². The highest BCUT2D eigenvalue weighted by atomic mass is 32.2.